The van der Waals surface area contributed by atoms with Crippen LogP contribution in [-0.2, 0) is 5.54 Å². The van der Waals surface area contributed by atoms with Crippen LogP contribution in [0.15, 0.2) is 24.3 Å². The fourth-order valence-corrected chi connectivity index (χ4v) is 3.97. The molecule has 0 amide bonds. The van der Waals surface area contributed by atoms with Crippen LogP contribution in [0.3, 0.4) is 0 Å². The molecular formula is C19H29N. The second-order valence-corrected chi connectivity index (χ2v) is 7.11. The standard InChI is InChI=1S/C19H29N/c1-15(2)19(13-4-3-5-14-20-19)18-11-9-17(10-12-18)16-7-6-8-16/h9-12,15-16,20H,3-8,13-14H2,1-2H3. The van der Waals surface area contributed by atoms with Crippen molar-refractivity contribution in [2.75, 3.05) is 6.54 Å². The molecular weight excluding hydrogens is 242 g/mol. The summed E-state index contributed by atoms with van der Waals surface area (Å²) in [5.41, 5.74) is 3.28. The first-order valence-electron chi connectivity index (χ1n) is 8.58. The molecule has 1 aromatic carbocycles. The van der Waals surface area contributed by atoms with E-state index in [1.165, 1.54) is 57.1 Å². The van der Waals surface area contributed by atoms with Gasteiger partial charge in [-0.05, 0) is 55.2 Å². The van der Waals surface area contributed by atoms with E-state index in [-0.39, 0.29) is 5.54 Å². The van der Waals surface area contributed by atoms with Crippen LogP contribution in [0.25, 0.3) is 0 Å². The highest BCUT2D eigenvalue weighted by molar-refractivity contribution is 5.32. The van der Waals surface area contributed by atoms with Crippen LogP contribution in [0.1, 0.15) is 75.8 Å². The van der Waals surface area contributed by atoms with E-state index in [4.69, 9.17) is 0 Å². The lowest BCUT2D eigenvalue weighted by molar-refractivity contribution is 0.230. The third kappa shape index (κ3) is 2.53. The number of rotatable bonds is 3. The molecule has 0 aromatic heterocycles. The molecule has 0 spiro atoms. The quantitative estimate of drug-likeness (QED) is 0.818. The highest BCUT2D eigenvalue weighted by Gasteiger charge is 2.35. The number of hydrogen-bond donors (Lipinski definition) is 1. The van der Waals surface area contributed by atoms with E-state index in [0.29, 0.717) is 5.92 Å². The van der Waals surface area contributed by atoms with Gasteiger partial charge in [-0.3, -0.25) is 0 Å². The summed E-state index contributed by atoms with van der Waals surface area (Å²) < 4.78 is 0. The molecule has 1 aromatic rings. The van der Waals surface area contributed by atoms with Crippen LogP contribution in [0.2, 0.25) is 0 Å². The van der Waals surface area contributed by atoms with Gasteiger partial charge in [0.05, 0.1) is 0 Å². The third-order valence-electron chi connectivity index (χ3n) is 5.68. The van der Waals surface area contributed by atoms with E-state index in [2.05, 4.69) is 43.4 Å². The number of benzene rings is 1. The Morgan fingerprint density at radius 2 is 1.75 bits per heavy atom. The van der Waals surface area contributed by atoms with E-state index < -0.39 is 0 Å². The third-order valence-corrected chi connectivity index (χ3v) is 5.68. The van der Waals surface area contributed by atoms with Crippen molar-refractivity contribution in [3.8, 4) is 0 Å². The molecule has 1 heterocycles. The molecule has 1 aliphatic heterocycles. The van der Waals surface area contributed by atoms with Crippen molar-refractivity contribution in [1.82, 2.24) is 5.32 Å². The van der Waals surface area contributed by atoms with E-state index in [9.17, 15) is 0 Å². The maximum atomic E-state index is 3.89. The molecule has 1 heteroatoms. The van der Waals surface area contributed by atoms with Gasteiger partial charge in [0.15, 0.2) is 0 Å². The van der Waals surface area contributed by atoms with Gasteiger partial charge in [-0.1, -0.05) is 57.4 Å². The zero-order valence-electron chi connectivity index (χ0n) is 13.1. The molecule has 20 heavy (non-hydrogen) atoms. The summed E-state index contributed by atoms with van der Waals surface area (Å²) in [5, 5.41) is 3.89. The van der Waals surface area contributed by atoms with Gasteiger partial charge in [-0.2, -0.15) is 0 Å². The molecule has 1 N–H and O–H groups in total. The molecule has 1 unspecified atom stereocenters. The van der Waals surface area contributed by atoms with E-state index >= 15 is 0 Å². The molecule has 1 aliphatic carbocycles. The Morgan fingerprint density at radius 3 is 2.35 bits per heavy atom. The molecule has 1 nitrogen and oxygen atoms in total. The monoisotopic (exact) mass is 271 g/mol. The Kier molecular flexibility index (Phi) is 4.16. The largest absolute Gasteiger partial charge is 0.307 e. The summed E-state index contributed by atoms with van der Waals surface area (Å²) in [6.07, 6.45) is 9.56. The van der Waals surface area contributed by atoms with Crippen LogP contribution in [0.5, 0.6) is 0 Å². The second kappa shape index (κ2) is 5.89. The van der Waals surface area contributed by atoms with Crippen LogP contribution in [0, 0.1) is 5.92 Å². The van der Waals surface area contributed by atoms with Crippen LogP contribution >= 0.6 is 0 Å². The summed E-state index contributed by atoms with van der Waals surface area (Å²) >= 11 is 0. The molecule has 2 aliphatic rings. The molecule has 0 radical (unpaired) electrons. The lowest BCUT2D eigenvalue weighted by atomic mass is 9.75. The van der Waals surface area contributed by atoms with Gasteiger partial charge in [0.25, 0.3) is 0 Å². The fraction of sp³-hybridized carbons (Fsp3) is 0.684. The van der Waals surface area contributed by atoms with Crippen molar-refractivity contribution in [3.63, 3.8) is 0 Å². The average Bonchev–Trinajstić information content (AvgIpc) is 2.64. The minimum absolute atomic E-state index is 0.203. The highest BCUT2D eigenvalue weighted by Crippen LogP contribution is 2.39. The Bertz CT molecular complexity index is 420. The van der Waals surface area contributed by atoms with Crippen molar-refractivity contribution in [3.05, 3.63) is 35.4 Å². The van der Waals surface area contributed by atoms with Gasteiger partial charge in [0.1, 0.15) is 0 Å². The van der Waals surface area contributed by atoms with Crippen LogP contribution < -0.4 is 5.32 Å². The molecule has 3 rings (SSSR count). The summed E-state index contributed by atoms with van der Waals surface area (Å²) in [6, 6.07) is 9.61. The first-order valence-corrected chi connectivity index (χ1v) is 8.58. The Morgan fingerprint density at radius 1 is 1.00 bits per heavy atom. The van der Waals surface area contributed by atoms with Crippen molar-refractivity contribution >= 4 is 0 Å². The van der Waals surface area contributed by atoms with E-state index in [0.717, 1.165) is 5.92 Å². The molecule has 1 saturated heterocycles. The zero-order chi connectivity index (χ0) is 14.0. The minimum atomic E-state index is 0.203. The smallest absolute Gasteiger partial charge is 0.0457 e. The first-order chi connectivity index (χ1) is 9.72. The van der Waals surface area contributed by atoms with Gasteiger partial charge in [0, 0.05) is 5.54 Å². The Balaban J connectivity index is 1.86. The maximum Gasteiger partial charge on any atom is 0.0457 e. The van der Waals surface area contributed by atoms with Crippen LogP contribution in [0.4, 0.5) is 0 Å². The normalized spacial score (nSPS) is 28.1. The summed E-state index contributed by atoms with van der Waals surface area (Å²) in [5.74, 6) is 1.50. The predicted octanol–water partition coefficient (Wildman–Crippen LogP) is 4.97. The molecule has 1 atom stereocenters. The maximum absolute atomic E-state index is 3.89. The summed E-state index contributed by atoms with van der Waals surface area (Å²) in [7, 11) is 0. The first kappa shape index (κ1) is 14.1. The molecule has 2 fully saturated rings. The average molecular weight is 271 g/mol. The van der Waals surface area contributed by atoms with Gasteiger partial charge in [-0.15, -0.1) is 0 Å². The predicted molar refractivity (Wildman–Crippen MR) is 86.0 cm³/mol. The van der Waals surface area contributed by atoms with Crippen molar-refractivity contribution < 1.29 is 0 Å². The fourth-order valence-electron chi connectivity index (χ4n) is 3.97. The summed E-state index contributed by atoms with van der Waals surface area (Å²) in [6.45, 7) is 5.92. The molecule has 0 bridgehead atoms. The Labute approximate surface area is 124 Å². The lowest BCUT2D eigenvalue weighted by Gasteiger charge is -2.39. The number of nitrogens with one attached hydrogen (secondary N) is 1. The summed E-state index contributed by atoms with van der Waals surface area (Å²) in [4.78, 5) is 0. The minimum Gasteiger partial charge on any atom is -0.307 e. The second-order valence-electron chi connectivity index (χ2n) is 7.11. The highest BCUT2D eigenvalue weighted by atomic mass is 15.0. The van der Waals surface area contributed by atoms with Gasteiger partial charge >= 0.3 is 0 Å². The van der Waals surface area contributed by atoms with Gasteiger partial charge < -0.3 is 5.32 Å². The SMILES string of the molecule is CC(C)C1(c2ccc(C3CCC3)cc2)CCCCCN1. The molecule has 1 saturated carbocycles. The zero-order valence-corrected chi connectivity index (χ0v) is 13.1. The lowest BCUT2D eigenvalue weighted by Crippen LogP contribution is -2.46. The van der Waals surface area contributed by atoms with Gasteiger partial charge in [0.2, 0.25) is 0 Å². The van der Waals surface area contributed by atoms with E-state index in [1.54, 1.807) is 5.56 Å². The number of hydrogen-bond acceptors (Lipinski definition) is 1. The van der Waals surface area contributed by atoms with Crippen molar-refractivity contribution in [1.29, 1.82) is 0 Å². The van der Waals surface area contributed by atoms with Gasteiger partial charge in [-0.25, -0.2) is 0 Å². The van der Waals surface area contributed by atoms with Crippen molar-refractivity contribution in [2.24, 2.45) is 5.92 Å². The molecule has 110 valence electrons. The van der Waals surface area contributed by atoms with E-state index in [1.807, 2.05) is 0 Å². The van der Waals surface area contributed by atoms with Crippen LogP contribution in [-0.4, -0.2) is 6.54 Å². The Hall–Kier alpha value is -0.820. The topological polar surface area (TPSA) is 12.0 Å². The van der Waals surface area contributed by atoms with Crippen molar-refractivity contribution in [2.45, 2.75) is 70.3 Å².